The molecule has 21 heavy (non-hydrogen) atoms. The number of thiophene rings is 1. The molecule has 1 fully saturated rings. The largest absolute Gasteiger partial charge is 0.243 e. The van der Waals surface area contributed by atoms with Gasteiger partial charge in [-0.15, -0.1) is 11.3 Å². The van der Waals surface area contributed by atoms with Gasteiger partial charge in [0.2, 0.25) is 10.0 Å². The molecule has 0 saturated carbocycles. The topological polar surface area (TPSA) is 37.4 Å². The van der Waals surface area contributed by atoms with E-state index in [1.165, 1.54) is 0 Å². The van der Waals surface area contributed by atoms with Gasteiger partial charge in [0.15, 0.2) is 0 Å². The fourth-order valence-electron chi connectivity index (χ4n) is 2.90. The molecule has 0 aliphatic carbocycles. The molecule has 0 amide bonds. The maximum Gasteiger partial charge on any atom is 0.243 e. The molecule has 2 heterocycles. The molecule has 1 unspecified atom stereocenters. The molecule has 112 valence electrons. The van der Waals surface area contributed by atoms with Crippen molar-refractivity contribution in [1.29, 1.82) is 0 Å². The van der Waals surface area contributed by atoms with Crippen LogP contribution in [0.3, 0.4) is 0 Å². The first-order valence-electron chi connectivity index (χ1n) is 7.12. The van der Waals surface area contributed by atoms with Crippen LogP contribution in [0.25, 0.3) is 0 Å². The van der Waals surface area contributed by atoms with Gasteiger partial charge in [0, 0.05) is 11.4 Å². The van der Waals surface area contributed by atoms with Crippen LogP contribution in [-0.2, 0) is 10.0 Å². The van der Waals surface area contributed by atoms with E-state index in [9.17, 15) is 8.42 Å². The molecular weight excluding hydrogens is 302 g/mol. The summed E-state index contributed by atoms with van der Waals surface area (Å²) in [7, 11) is -3.43. The number of aryl methyl sites for hydroxylation is 2. The molecule has 1 aromatic heterocycles. The minimum Gasteiger partial charge on any atom is -0.207 e. The summed E-state index contributed by atoms with van der Waals surface area (Å²) in [6.07, 6.45) is 1.83. The second-order valence-corrected chi connectivity index (χ2v) is 8.40. The van der Waals surface area contributed by atoms with E-state index in [4.69, 9.17) is 0 Å². The highest BCUT2D eigenvalue weighted by molar-refractivity contribution is 7.89. The lowest BCUT2D eigenvalue weighted by Gasteiger charge is -2.24. The summed E-state index contributed by atoms with van der Waals surface area (Å²) in [6.45, 7) is 4.40. The Balaban J connectivity index is 2.03. The molecule has 3 nitrogen and oxygen atoms in total. The van der Waals surface area contributed by atoms with Gasteiger partial charge in [-0.25, -0.2) is 8.42 Å². The van der Waals surface area contributed by atoms with E-state index in [2.05, 4.69) is 0 Å². The van der Waals surface area contributed by atoms with Crippen LogP contribution in [0.2, 0.25) is 0 Å². The average Bonchev–Trinajstić information content (AvgIpc) is 3.10. The van der Waals surface area contributed by atoms with Crippen LogP contribution < -0.4 is 0 Å². The zero-order valence-electron chi connectivity index (χ0n) is 12.2. The molecule has 0 radical (unpaired) electrons. The van der Waals surface area contributed by atoms with E-state index in [1.54, 1.807) is 21.7 Å². The van der Waals surface area contributed by atoms with E-state index < -0.39 is 10.0 Å². The first-order chi connectivity index (χ1) is 10.00. The Morgan fingerprint density at radius 1 is 1.24 bits per heavy atom. The highest BCUT2D eigenvalue weighted by atomic mass is 32.2. The molecular formula is C16H19NO2S2. The summed E-state index contributed by atoms with van der Waals surface area (Å²) in [5.74, 6) is 0. The van der Waals surface area contributed by atoms with E-state index in [0.29, 0.717) is 11.4 Å². The number of hydrogen-bond donors (Lipinski definition) is 0. The highest BCUT2D eigenvalue weighted by Gasteiger charge is 2.37. The third kappa shape index (κ3) is 2.65. The second-order valence-electron chi connectivity index (χ2n) is 5.56. The summed E-state index contributed by atoms with van der Waals surface area (Å²) in [6, 6.07) is 9.64. The second kappa shape index (κ2) is 5.55. The van der Waals surface area contributed by atoms with Crippen molar-refractivity contribution in [3.05, 3.63) is 51.7 Å². The smallest absolute Gasteiger partial charge is 0.207 e. The predicted molar refractivity (Wildman–Crippen MR) is 86.1 cm³/mol. The molecule has 2 aromatic rings. The van der Waals surface area contributed by atoms with Crippen molar-refractivity contribution in [2.45, 2.75) is 37.6 Å². The third-order valence-electron chi connectivity index (χ3n) is 4.01. The lowest BCUT2D eigenvalue weighted by molar-refractivity contribution is 0.400. The fourth-order valence-corrected chi connectivity index (χ4v) is 5.83. The van der Waals surface area contributed by atoms with E-state index in [1.807, 2.05) is 43.5 Å². The Hall–Kier alpha value is -1.17. The van der Waals surface area contributed by atoms with Gasteiger partial charge < -0.3 is 0 Å². The molecule has 0 bridgehead atoms. The Morgan fingerprint density at radius 3 is 2.76 bits per heavy atom. The highest BCUT2D eigenvalue weighted by Crippen LogP contribution is 2.38. The van der Waals surface area contributed by atoms with Gasteiger partial charge in [-0.1, -0.05) is 18.2 Å². The van der Waals surface area contributed by atoms with Crippen molar-refractivity contribution in [2.24, 2.45) is 0 Å². The van der Waals surface area contributed by atoms with Gasteiger partial charge in [0.25, 0.3) is 0 Å². The van der Waals surface area contributed by atoms with Crippen LogP contribution in [0.1, 0.15) is 34.9 Å². The van der Waals surface area contributed by atoms with Crippen molar-refractivity contribution in [3.63, 3.8) is 0 Å². The molecule has 1 atom stereocenters. The van der Waals surface area contributed by atoms with Gasteiger partial charge in [0.05, 0.1) is 10.9 Å². The number of sulfonamides is 1. The molecule has 1 aromatic carbocycles. The third-order valence-corrected chi connectivity index (χ3v) is 7.03. The van der Waals surface area contributed by atoms with Crippen LogP contribution in [0.4, 0.5) is 0 Å². The maximum atomic E-state index is 13.0. The van der Waals surface area contributed by atoms with Crippen LogP contribution in [-0.4, -0.2) is 19.3 Å². The van der Waals surface area contributed by atoms with Crippen molar-refractivity contribution >= 4 is 21.4 Å². The zero-order chi connectivity index (χ0) is 15.0. The average molecular weight is 321 g/mol. The van der Waals surface area contributed by atoms with Gasteiger partial charge in [-0.3, -0.25) is 0 Å². The molecule has 1 aliphatic rings. The molecule has 3 rings (SSSR count). The molecule has 1 aliphatic heterocycles. The number of hydrogen-bond acceptors (Lipinski definition) is 3. The fraction of sp³-hybridized carbons (Fsp3) is 0.375. The van der Waals surface area contributed by atoms with Crippen molar-refractivity contribution < 1.29 is 8.42 Å². The van der Waals surface area contributed by atoms with E-state index in [0.717, 1.165) is 28.8 Å². The summed E-state index contributed by atoms with van der Waals surface area (Å²) in [5.41, 5.74) is 1.79. The number of nitrogens with zero attached hydrogens (tertiary/aromatic N) is 1. The van der Waals surface area contributed by atoms with Crippen LogP contribution >= 0.6 is 11.3 Å². The summed E-state index contributed by atoms with van der Waals surface area (Å²) in [5, 5.41) is 2.01. The van der Waals surface area contributed by atoms with Gasteiger partial charge >= 0.3 is 0 Å². The van der Waals surface area contributed by atoms with Crippen LogP contribution in [0.15, 0.2) is 40.6 Å². The van der Waals surface area contributed by atoms with Gasteiger partial charge in [-0.05, 0) is 55.3 Å². The minimum absolute atomic E-state index is 0.00471. The lowest BCUT2D eigenvalue weighted by Crippen LogP contribution is -2.30. The summed E-state index contributed by atoms with van der Waals surface area (Å²) < 4.78 is 27.8. The van der Waals surface area contributed by atoms with E-state index in [-0.39, 0.29) is 6.04 Å². The Bertz CT molecular complexity index is 736. The predicted octanol–water partition coefficient (Wildman–Crippen LogP) is 3.89. The molecule has 5 heteroatoms. The summed E-state index contributed by atoms with van der Waals surface area (Å²) >= 11 is 1.64. The van der Waals surface area contributed by atoms with E-state index >= 15 is 0 Å². The molecule has 1 saturated heterocycles. The number of benzene rings is 1. The monoisotopic (exact) mass is 321 g/mol. The zero-order valence-corrected chi connectivity index (χ0v) is 13.9. The SMILES string of the molecule is Cc1ccc(C)c(S(=O)(=O)N2CCCC2c2cccs2)c1. The van der Waals surface area contributed by atoms with Crippen LogP contribution in [0, 0.1) is 13.8 Å². The summed E-state index contributed by atoms with van der Waals surface area (Å²) in [4.78, 5) is 1.59. The normalized spacial score (nSPS) is 20.0. The number of rotatable bonds is 3. The first kappa shape index (κ1) is 14.8. The molecule has 0 spiro atoms. The van der Waals surface area contributed by atoms with Crippen LogP contribution in [0.5, 0.6) is 0 Å². The maximum absolute atomic E-state index is 13.0. The molecule has 0 N–H and O–H groups in total. The Kier molecular flexibility index (Phi) is 3.90. The van der Waals surface area contributed by atoms with Crippen molar-refractivity contribution in [1.82, 2.24) is 4.31 Å². The van der Waals surface area contributed by atoms with Gasteiger partial charge in [0.1, 0.15) is 0 Å². The van der Waals surface area contributed by atoms with Crippen molar-refractivity contribution in [3.8, 4) is 0 Å². The standard InChI is InChI=1S/C16H19NO2S2/c1-12-7-8-13(2)16(11-12)21(18,19)17-9-3-5-14(17)15-6-4-10-20-15/h4,6-8,10-11,14H,3,5,9H2,1-2H3. The quantitative estimate of drug-likeness (QED) is 0.860. The minimum atomic E-state index is -3.43. The lowest BCUT2D eigenvalue weighted by atomic mass is 10.2. The van der Waals surface area contributed by atoms with Crippen molar-refractivity contribution in [2.75, 3.05) is 6.54 Å². The Labute approximate surface area is 130 Å². The first-order valence-corrected chi connectivity index (χ1v) is 9.44. The Morgan fingerprint density at radius 2 is 2.05 bits per heavy atom. The van der Waals surface area contributed by atoms with Gasteiger partial charge in [-0.2, -0.15) is 4.31 Å².